The summed E-state index contributed by atoms with van der Waals surface area (Å²) in [7, 11) is 0. The second kappa shape index (κ2) is 21.3. The molecule has 0 saturated heterocycles. The zero-order valence-electron chi connectivity index (χ0n) is 13.2. The van der Waals surface area contributed by atoms with E-state index in [1.807, 2.05) is 0 Å². The van der Waals surface area contributed by atoms with Crippen molar-refractivity contribution in [2.24, 2.45) is 0 Å². The molecule has 0 heterocycles. The molecule has 0 radical (unpaired) electrons. The Labute approximate surface area is 112 Å². The maximum atomic E-state index is 2.27. The summed E-state index contributed by atoms with van der Waals surface area (Å²) in [5.74, 6) is 0. The van der Waals surface area contributed by atoms with E-state index in [9.17, 15) is 0 Å². The molecule has 0 rings (SSSR count). The van der Waals surface area contributed by atoms with Gasteiger partial charge in [-0.15, -0.1) is 0 Å². The van der Waals surface area contributed by atoms with Crippen LogP contribution in [0.1, 0.15) is 111 Å². The molecule has 0 spiro atoms. The second-order valence-corrected chi connectivity index (χ2v) is 5.18. The molecule has 0 aliphatic rings. The maximum absolute atomic E-state index is 2.27. The lowest BCUT2D eigenvalue weighted by atomic mass is 10.1. The Hall–Kier alpha value is 0. The van der Waals surface area contributed by atoms with Crippen molar-refractivity contribution < 1.29 is 0 Å². The van der Waals surface area contributed by atoms with Gasteiger partial charge in [-0.3, -0.25) is 0 Å². The molecule has 0 amide bonds. The smallest absolute Gasteiger partial charge is 0.0533 e. The van der Waals surface area contributed by atoms with Gasteiger partial charge in [-0.1, -0.05) is 111 Å². The molecule has 17 heavy (non-hydrogen) atoms. The van der Waals surface area contributed by atoms with Crippen LogP contribution in [0.4, 0.5) is 0 Å². The number of hydrogen-bond donors (Lipinski definition) is 0. The standard InChI is InChI=1S/C10H22.C7H16/c1-3-5-7-9-10-8-6-4-2;1-3-5-7-6-4-2/h3-10H2,1-2H3;3-7H2,1-2H3. The second-order valence-electron chi connectivity index (χ2n) is 5.18. The third-order valence-corrected chi connectivity index (χ3v) is 3.16. The fourth-order valence-electron chi connectivity index (χ4n) is 1.88. The summed E-state index contributed by atoms with van der Waals surface area (Å²) in [5, 5.41) is 0. The first-order valence-electron chi connectivity index (χ1n) is 8.33. The Kier molecular flexibility index (Phi) is 24.2. The van der Waals surface area contributed by atoms with Gasteiger partial charge in [0.1, 0.15) is 0 Å². The van der Waals surface area contributed by atoms with E-state index in [2.05, 4.69) is 27.7 Å². The van der Waals surface area contributed by atoms with E-state index in [-0.39, 0.29) is 0 Å². The Morgan fingerprint density at radius 3 is 0.706 bits per heavy atom. The van der Waals surface area contributed by atoms with E-state index < -0.39 is 0 Å². The molecule has 0 aromatic heterocycles. The van der Waals surface area contributed by atoms with Gasteiger partial charge in [-0.2, -0.15) is 0 Å². The minimum atomic E-state index is 1.36. The van der Waals surface area contributed by atoms with Gasteiger partial charge in [0.2, 0.25) is 0 Å². The third-order valence-electron chi connectivity index (χ3n) is 3.16. The van der Waals surface area contributed by atoms with E-state index in [1.165, 1.54) is 83.5 Å². The van der Waals surface area contributed by atoms with E-state index in [0.29, 0.717) is 0 Å². The minimum Gasteiger partial charge on any atom is -0.0654 e. The van der Waals surface area contributed by atoms with Crippen molar-refractivity contribution >= 4 is 0 Å². The van der Waals surface area contributed by atoms with Crippen molar-refractivity contribution in [2.75, 3.05) is 0 Å². The van der Waals surface area contributed by atoms with E-state index in [4.69, 9.17) is 0 Å². The molecule has 0 N–H and O–H groups in total. The van der Waals surface area contributed by atoms with Crippen LogP contribution in [-0.2, 0) is 0 Å². The molecule has 0 atom stereocenters. The average molecular weight is 242 g/mol. The van der Waals surface area contributed by atoms with E-state index >= 15 is 0 Å². The molecule has 0 nitrogen and oxygen atoms in total. The summed E-state index contributed by atoms with van der Waals surface area (Å²) in [6.07, 6.45) is 18.5. The van der Waals surface area contributed by atoms with Crippen LogP contribution in [0.5, 0.6) is 0 Å². The highest BCUT2D eigenvalue weighted by atomic mass is 13.9. The quantitative estimate of drug-likeness (QED) is 0.338. The maximum Gasteiger partial charge on any atom is -0.0533 e. The highest BCUT2D eigenvalue weighted by molar-refractivity contribution is 4.43. The van der Waals surface area contributed by atoms with Crippen molar-refractivity contribution in [1.82, 2.24) is 0 Å². The molecular formula is C17H38. The molecule has 0 heteroatoms. The van der Waals surface area contributed by atoms with Crippen LogP contribution in [0.15, 0.2) is 0 Å². The minimum absolute atomic E-state index is 1.36. The summed E-state index contributed by atoms with van der Waals surface area (Å²) >= 11 is 0. The fraction of sp³-hybridized carbons (Fsp3) is 1.00. The van der Waals surface area contributed by atoms with Gasteiger partial charge in [-0.25, -0.2) is 0 Å². The largest absolute Gasteiger partial charge is 0.0654 e. The molecular weight excluding hydrogens is 204 g/mol. The lowest BCUT2D eigenvalue weighted by Gasteiger charge is -1.97. The first-order valence-corrected chi connectivity index (χ1v) is 8.33. The van der Waals surface area contributed by atoms with Crippen molar-refractivity contribution in [1.29, 1.82) is 0 Å². The van der Waals surface area contributed by atoms with Crippen molar-refractivity contribution in [3.05, 3.63) is 0 Å². The number of hydrogen-bond acceptors (Lipinski definition) is 0. The number of unbranched alkanes of at least 4 members (excludes halogenated alkanes) is 11. The fourth-order valence-corrected chi connectivity index (χ4v) is 1.88. The topological polar surface area (TPSA) is 0 Å². The number of rotatable bonds is 11. The highest BCUT2D eigenvalue weighted by Crippen LogP contribution is 2.07. The van der Waals surface area contributed by atoms with Crippen molar-refractivity contribution in [3.63, 3.8) is 0 Å². The summed E-state index contributed by atoms with van der Waals surface area (Å²) in [5.41, 5.74) is 0. The Morgan fingerprint density at radius 1 is 0.294 bits per heavy atom. The monoisotopic (exact) mass is 242 g/mol. The van der Waals surface area contributed by atoms with Gasteiger partial charge in [0.25, 0.3) is 0 Å². The van der Waals surface area contributed by atoms with Crippen LogP contribution in [0.25, 0.3) is 0 Å². The van der Waals surface area contributed by atoms with Gasteiger partial charge in [0.05, 0.1) is 0 Å². The average Bonchev–Trinajstić information content (AvgIpc) is 2.35. The van der Waals surface area contributed by atoms with Crippen LogP contribution in [0.2, 0.25) is 0 Å². The molecule has 0 unspecified atom stereocenters. The third kappa shape index (κ3) is 25.9. The zero-order chi connectivity index (χ0) is 13.2. The molecule has 0 aliphatic carbocycles. The predicted octanol–water partition coefficient (Wildman–Crippen LogP) is 7.12. The summed E-state index contributed by atoms with van der Waals surface area (Å²) < 4.78 is 0. The van der Waals surface area contributed by atoms with Gasteiger partial charge in [0.15, 0.2) is 0 Å². The van der Waals surface area contributed by atoms with E-state index in [1.54, 1.807) is 0 Å². The molecule has 0 aromatic rings. The Morgan fingerprint density at radius 2 is 0.471 bits per heavy atom. The summed E-state index contributed by atoms with van der Waals surface area (Å²) in [4.78, 5) is 0. The molecule has 0 aromatic carbocycles. The lowest BCUT2D eigenvalue weighted by molar-refractivity contribution is 0.585. The molecule has 0 aliphatic heterocycles. The van der Waals surface area contributed by atoms with Crippen molar-refractivity contribution in [3.8, 4) is 0 Å². The van der Waals surface area contributed by atoms with Gasteiger partial charge < -0.3 is 0 Å². The zero-order valence-corrected chi connectivity index (χ0v) is 13.2. The molecule has 0 fully saturated rings. The van der Waals surface area contributed by atoms with Crippen molar-refractivity contribution in [2.45, 2.75) is 111 Å². The highest BCUT2D eigenvalue weighted by Gasteiger charge is 1.87. The van der Waals surface area contributed by atoms with Gasteiger partial charge >= 0.3 is 0 Å². The van der Waals surface area contributed by atoms with E-state index in [0.717, 1.165) is 0 Å². The summed E-state index contributed by atoms with van der Waals surface area (Å²) in [6.45, 7) is 9.03. The molecule has 106 valence electrons. The summed E-state index contributed by atoms with van der Waals surface area (Å²) in [6, 6.07) is 0. The van der Waals surface area contributed by atoms with Crippen LogP contribution in [-0.4, -0.2) is 0 Å². The molecule has 0 bridgehead atoms. The predicted molar refractivity (Wildman–Crippen MR) is 82.7 cm³/mol. The first-order chi connectivity index (χ1) is 8.33. The normalized spacial score (nSPS) is 9.88. The lowest BCUT2D eigenvalue weighted by Crippen LogP contribution is -1.77. The van der Waals surface area contributed by atoms with Crippen LogP contribution in [0.3, 0.4) is 0 Å². The van der Waals surface area contributed by atoms with Crippen LogP contribution >= 0.6 is 0 Å². The Balaban J connectivity index is 0. The Bertz CT molecular complexity index is 84.2. The van der Waals surface area contributed by atoms with Crippen LogP contribution < -0.4 is 0 Å². The SMILES string of the molecule is CCCCCCC.CCCCCCCCCC. The van der Waals surface area contributed by atoms with Gasteiger partial charge in [0, 0.05) is 0 Å². The first kappa shape index (κ1) is 19.3. The van der Waals surface area contributed by atoms with Gasteiger partial charge in [-0.05, 0) is 0 Å². The molecule has 0 saturated carbocycles. The van der Waals surface area contributed by atoms with Crippen LogP contribution in [0, 0.1) is 0 Å².